The summed E-state index contributed by atoms with van der Waals surface area (Å²) in [5, 5.41) is 29.9. The molecule has 24 heavy (non-hydrogen) atoms. The summed E-state index contributed by atoms with van der Waals surface area (Å²) in [6.07, 6.45) is 3.10. The van der Waals surface area contributed by atoms with E-state index in [2.05, 4.69) is 15.4 Å². The van der Waals surface area contributed by atoms with Gasteiger partial charge in [-0.3, -0.25) is 5.10 Å². The summed E-state index contributed by atoms with van der Waals surface area (Å²) < 4.78 is 2.04. The molecule has 4 rings (SSSR count). The highest BCUT2D eigenvalue weighted by Crippen LogP contribution is 2.35. The largest absolute Gasteiger partial charge is 0.508 e. The maximum Gasteiger partial charge on any atom is 0.115 e. The number of phenols is 1. The zero-order chi connectivity index (χ0) is 16.5. The highest BCUT2D eigenvalue weighted by atomic mass is 16.4. The van der Waals surface area contributed by atoms with Crippen LogP contribution in [-0.2, 0) is 0 Å². The van der Waals surface area contributed by atoms with Crippen LogP contribution in [0.1, 0.15) is 5.56 Å². The lowest BCUT2D eigenvalue weighted by atomic mass is 10.1. The van der Waals surface area contributed by atoms with E-state index in [9.17, 15) is 5.11 Å². The Hall–Kier alpha value is -3.54. The molecule has 0 saturated heterocycles. The zero-order valence-corrected chi connectivity index (χ0v) is 12.6. The number of oxime groups is 1. The Morgan fingerprint density at radius 2 is 1.83 bits per heavy atom. The number of nitrogens with one attached hydrogen (secondary N) is 1. The number of aromatic hydroxyl groups is 1. The van der Waals surface area contributed by atoms with Gasteiger partial charge >= 0.3 is 0 Å². The number of aromatic nitrogens is 3. The molecule has 0 fully saturated rings. The molecule has 0 aliphatic carbocycles. The molecule has 2 heterocycles. The van der Waals surface area contributed by atoms with Crippen molar-refractivity contribution in [2.24, 2.45) is 5.16 Å². The average Bonchev–Trinajstić information content (AvgIpc) is 3.23. The van der Waals surface area contributed by atoms with Crippen LogP contribution in [0.25, 0.3) is 28.0 Å². The smallest absolute Gasteiger partial charge is 0.115 e. The van der Waals surface area contributed by atoms with Crippen LogP contribution in [0.4, 0.5) is 0 Å². The molecule has 0 radical (unpaired) electrons. The highest BCUT2D eigenvalue weighted by molar-refractivity contribution is 6.06. The molecule has 4 aromatic rings. The van der Waals surface area contributed by atoms with Crippen LogP contribution in [0.5, 0.6) is 5.75 Å². The lowest BCUT2D eigenvalue weighted by molar-refractivity contribution is 0.322. The minimum absolute atomic E-state index is 0.204. The maximum atomic E-state index is 9.58. The van der Waals surface area contributed by atoms with Gasteiger partial charge in [-0.2, -0.15) is 5.10 Å². The summed E-state index contributed by atoms with van der Waals surface area (Å²) in [7, 11) is 0. The summed E-state index contributed by atoms with van der Waals surface area (Å²) in [6, 6.07) is 16.7. The van der Waals surface area contributed by atoms with Crippen molar-refractivity contribution in [3.8, 4) is 22.8 Å². The Balaban J connectivity index is 2.14. The fraction of sp³-hybridized carbons (Fsp3) is 0. The molecule has 3 N–H and O–H groups in total. The number of para-hydroxylation sites is 1. The number of hydrogen-bond donors (Lipinski definition) is 3. The number of benzene rings is 2. The molecular weight excluding hydrogens is 304 g/mol. The Labute approximate surface area is 137 Å². The number of phenolic OH excluding ortho intramolecular Hbond substituents is 1. The monoisotopic (exact) mass is 318 g/mol. The molecule has 0 saturated carbocycles. The van der Waals surface area contributed by atoms with Gasteiger partial charge in [0.1, 0.15) is 5.75 Å². The van der Waals surface area contributed by atoms with Crippen molar-refractivity contribution in [1.82, 2.24) is 14.8 Å². The number of rotatable bonds is 3. The standard InChI is InChI=1S/C18H14N4O2/c23-13-7-5-12(6-8-13)22-17-4-2-1-3-14(17)15(11-20-24)18(22)16-9-10-19-21-16/h1-11,23-24H,(H,19,21)/b20-11+. The number of nitrogens with zero attached hydrogens (tertiary/aromatic N) is 3. The van der Waals surface area contributed by atoms with Gasteiger partial charge in [-0.1, -0.05) is 23.4 Å². The summed E-state index contributed by atoms with van der Waals surface area (Å²) in [4.78, 5) is 0. The van der Waals surface area contributed by atoms with E-state index < -0.39 is 0 Å². The maximum absolute atomic E-state index is 9.58. The summed E-state index contributed by atoms with van der Waals surface area (Å²) in [6.45, 7) is 0. The lowest BCUT2D eigenvalue weighted by Crippen LogP contribution is -1.98. The topological polar surface area (TPSA) is 86.4 Å². The second-order valence-electron chi connectivity index (χ2n) is 5.35. The Morgan fingerprint density at radius 3 is 2.54 bits per heavy atom. The minimum atomic E-state index is 0.204. The Morgan fingerprint density at radius 1 is 1.04 bits per heavy atom. The van der Waals surface area contributed by atoms with Crippen molar-refractivity contribution in [3.05, 3.63) is 66.4 Å². The van der Waals surface area contributed by atoms with Gasteiger partial charge in [0.05, 0.1) is 23.1 Å². The van der Waals surface area contributed by atoms with Crippen molar-refractivity contribution >= 4 is 17.1 Å². The third-order valence-corrected chi connectivity index (χ3v) is 3.96. The summed E-state index contributed by atoms with van der Waals surface area (Å²) >= 11 is 0. The van der Waals surface area contributed by atoms with Gasteiger partial charge in [-0.05, 0) is 36.4 Å². The minimum Gasteiger partial charge on any atom is -0.508 e. The van der Waals surface area contributed by atoms with E-state index >= 15 is 0 Å². The van der Waals surface area contributed by atoms with Crippen LogP contribution < -0.4 is 0 Å². The predicted molar refractivity (Wildman–Crippen MR) is 91.9 cm³/mol. The highest BCUT2D eigenvalue weighted by Gasteiger charge is 2.19. The molecule has 2 aromatic carbocycles. The SMILES string of the molecule is O/N=C/c1c(-c2ccn[nH]2)n(-c2ccc(O)cc2)c2ccccc12. The van der Waals surface area contributed by atoms with Crippen LogP contribution in [0.3, 0.4) is 0 Å². The van der Waals surface area contributed by atoms with Crippen LogP contribution >= 0.6 is 0 Å². The van der Waals surface area contributed by atoms with Crippen LogP contribution in [0.2, 0.25) is 0 Å². The molecule has 0 atom stereocenters. The van der Waals surface area contributed by atoms with Crippen LogP contribution in [-0.4, -0.2) is 31.3 Å². The molecular formula is C18H14N4O2. The van der Waals surface area contributed by atoms with E-state index in [-0.39, 0.29) is 5.75 Å². The van der Waals surface area contributed by atoms with Crippen molar-refractivity contribution in [2.75, 3.05) is 0 Å². The van der Waals surface area contributed by atoms with Crippen molar-refractivity contribution in [1.29, 1.82) is 0 Å². The average molecular weight is 318 g/mol. The van der Waals surface area contributed by atoms with Gasteiger partial charge in [0.15, 0.2) is 0 Å². The summed E-state index contributed by atoms with van der Waals surface area (Å²) in [5.41, 5.74) is 4.26. The molecule has 0 unspecified atom stereocenters. The van der Waals surface area contributed by atoms with Gasteiger partial charge < -0.3 is 14.9 Å². The molecule has 0 spiro atoms. The van der Waals surface area contributed by atoms with E-state index in [4.69, 9.17) is 5.21 Å². The predicted octanol–water partition coefficient (Wildman–Crippen LogP) is 3.53. The van der Waals surface area contributed by atoms with Crippen molar-refractivity contribution in [3.63, 3.8) is 0 Å². The molecule has 118 valence electrons. The van der Waals surface area contributed by atoms with Gasteiger partial charge in [-0.15, -0.1) is 0 Å². The van der Waals surface area contributed by atoms with Crippen LogP contribution in [0.15, 0.2) is 65.9 Å². The first-order chi connectivity index (χ1) is 11.8. The fourth-order valence-electron chi connectivity index (χ4n) is 2.98. The number of H-pyrrole nitrogens is 1. The first kappa shape index (κ1) is 14.1. The molecule has 2 aromatic heterocycles. The molecule has 6 heteroatoms. The normalized spacial score (nSPS) is 11.5. The number of aromatic amines is 1. The summed E-state index contributed by atoms with van der Waals surface area (Å²) in [5.74, 6) is 0.204. The quantitative estimate of drug-likeness (QED) is 0.307. The number of fused-ring (bicyclic) bond motifs is 1. The van der Waals surface area contributed by atoms with E-state index in [1.807, 2.05) is 47.0 Å². The van der Waals surface area contributed by atoms with E-state index in [0.717, 1.165) is 33.5 Å². The van der Waals surface area contributed by atoms with Crippen LogP contribution in [0, 0.1) is 0 Å². The van der Waals surface area contributed by atoms with E-state index in [0.29, 0.717) is 0 Å². The van der Waals surface area contributed by atoms with E-state index in [1.54, 1.807) is 18.3 Å². The second kappa shape index (κ2) is 5.58. The van der Waals surface area contributed by atoms with Crippen molar-refractivity contribution in [2.45, 2.75) is 0 Å². The first-order valence-corrected chi connectivity index (χ1v) is 7.39. The van der Waals surface area contributed by atoms with Gasteiger partial charge in [-0.25, -0.2) is 0 Å². The molecule has 0 aliphatic heterocycles. The third kappa shape index (κ3) is 2.13. The molecule has 6 nitrogen and oxygen atoms in total. The molecule has 0 amide bonds. The lowest BCUT2D eigenvalue weighted by Gasteiger charge is -2.10. The second-order valence-corrected chi connectivity index (χ2v) is 5.35. The zero-order valence-electron chi connectivity index (χ0n) is 12.6. The fourth-order valence-corrected chi connectivity index (χ4v) is 2.98. The molecule has 0 aliphatic rings. The Kier molecular flexibility index (Phi) is 3.28. The van der Waals surface area contributed by atoms with Gasteiger partial charge in [0, 0.05) is 22.8 Å². The molecule has 0 bridgehead atoms. The number of hydrogen-bond acceptors (Lipinski definition) is 4. The van der Waals surface area contributed by atoms with Gasteiger partial charge in [0.25, 0.3) is 0 Å². The van der Waals surface area contributed by atoms with E-state index in [1.165, 1.54) is 6.21 Å². The van der Waals surface area contributed by atoms with Crippen molar-refractivity contribution < 1.29 is 10.3 Å². The third-order valence-electron chi connectivity index (χ3n) is 3.96. The Bertz CT molecular complexity index is 1020. The first-order valence-electron chi connectivity index (χ1n) is 7.39. The van der Waals surface area contributed by atoms with Gasteiger partial charge in [0.2, 0.25) is 0 Å².